The van der Waals surface area contributed by atoms with Gasteiger partial charge in [0.1, 0.15) is 0 Å². The van der Waals surface area contributed by atoms with Crippen molar-refractivity contribution in [1.82, 2.24) is 4.90 Å². The van der Waals surface area contributed by atoms with Gasteiger partial charge in [-0.2, -0.15) is 0 Å². The number of nitrogens with zero attached hydrogens (tertiary/aromatic N) is 2. The lowest BCUT2D eigenvalue weighted by Crippen LogP contribution is -2.58. The van der Waals surface area contributed by atoms with E-state index >= 15 is 0 Å². The highest BCUT2D eigenvalue weighted by Crippen LogP contribution is 2.33. The normalized spacial score (nSPS) is 27.1. The maximum absolute atomic E-state index is 3.66. The molecule has 0 bridgehead atoms. The molecule has 0 saturated carbocycles. The number of rotatable bonds is 2. The maximum atomic E-state index is 3.66. The maximum Gasteiger partial charge on any atom is 0.0440 e. The Labute approximate surface area is 131 Å². The molecule has 0 N–H and O–H groups in total. The van der Waals surface area contributed by atoms with Gasteiger partial charge in [-0.25, -0.2) is 0 Å². The molecule has 2 saturated heterocycles. The lowest BCUT2D eigenvalue weighted by molar-refractivity contribution is 0.176. The molecule has 2 fully saturated rings. The Morgan fingerprint density at radius 1 is 1.20 bits per heavy atom. The predicted molar refractivity (Wildman–Crippen MR) is 89.4 cm³/mol. The second-order valence-corrected chi connectivity index (χ2v) is 7.66. The van der Waals surface area contributed by atoms with Crippen molar-refractivity contribution in [3.05, 3.63) is 28.2 Å². The lowest BCUT2D eigenvalue weighted by Gasteiger charge is -2.47. The first-order chi connectivity index (χ1) is 9.54. The minimum atomic E-state index is 0.637. The largest absolute Gasteiger partial charge is 0.365 e. The van der Waals surface area contributed by atoms with E-state index in [0.717, 1.165) is 6.04 Å². The summed E-state index contributed by atoms with van der Waals surface area (Å²) in [5.74, 6) is 0.691. The highest BCUT2D eigenvalue weighted by atomic mass is 79.9. The van der Waals surface area contributed by atoms with Gasteiger partial charge in [-0.15, -0.1) is 0 Å². The van der Waals surface area contributed by atoms with Gasteiger partial charge in [0, 0.05) is 35.3 Å². The summed E-state index contributed by atoms with van der Waals surface area (Å²) in [4.78, 5) is 5.38. The van der Waals surface area contributed by atoms with Crippen LogP contribution in [0.15, 0.2) is 22.7 Å². The highest BCUT2D eigenvalue weighted by Gasteiger charge is 2.37. The van der Waals surface area contributed by atoms with Gasteiger partial charge in [0.05, 0.1) is 0 Å². The molecule has 3 heteroatoms. The van der Waals surface area contributed by atoms with Gasteiger partial charge in [-0.05, 0) is 56.0 Å². The van der Waals surface area contributed by atoms with E-state index in [1.807, 2.05) is 0 Å². The minimum absolute atomic E-state index is 0.637. The van der Waals surface area contributed by atoms with Crippen LogP contribution in [0, 0.1) is 12.8 Å². The van der Waals surface area contributed by atoms with Gasteiger partial charge >= 0.3 is 0 Å². The predicted octanol–water partition coefficient (Wildman–Crippen LogP) is 4.07. The van der Waals surface area contributed by atoms with E-state index in [9.17, 15) is 0 Å². The van der Waals surface area contributed by atoms with Crippen LogP contribution in [0.25, 0.3) is 0 Å². The fourth-order valence-electron chi connectivity index (χ4n) is 3.79. The summed E-state index contributed by atoms with van der Waals surface area (Å²) >= 11 is 3.66. The van der Waals surface area contributed by atoms with Gasteiger partial charge in [-0.3, -0.25) is 4.90 Å². The van der Waals surface area contributed by atoms with Crippen LogP contribution < -0.4 is 4.90 Å². The van der Waals surface area contributed by atoms with Crippen LogP contribution in [0.3, 0.4) is 0 Å². The molecule has 3 rings (SSSR count). The Balaban J connectivity index is 1.91. The molecule has 2 unspecified atom stereocenters. The van der Waals surface area contributed by atoms with Crippen molar-refractivity contribution in [2.75, 3.05) is 24.5 Å². The van der Waals surface area contributed by atoms with E-state index in [4.69, 9.17) is 0 Å². The van der Waals surface area contributed by atoms with Crippen molar-refractivity contribution in [3.8, 4) is 0 Å². The molecule has 0 spiro atoms. The van der Waals surface area contributed by atoms with Crippen molar-refractivity contribution >= 4 is 21.6 Å². The summed E-state index contributed by atoms with van der Waals surface area (Å²) < 4.78 is 1.20. The lowest BCUT2D eigenvalue weighted by atomic mass is 9.96. The second kappa shape index (κ2) is 5.69. The monoisotopic (exact) mass is 336 g/mol. The SMILES string of the molecule is Cc1cc(Br)cc(N2CC3CCCN3CC2C(C)C)c1. The molecule has 1 aromatic rings. The molecule has 2 aliphatic rings. The van der Waals surface area contributed by atoms with E-state index in [-0.39, 0.29) is 0 Å². The van der Waals surface area contributed by atoms with Gasteiger partial charge < -0.3 is 4.90 Å². The standard InChI is InChI=1S/C17H25BrN2/c1-12(2)17-11-19-6-4-5-15(19)10-20(17)16-8-13(3)7-14(18)9-16/h7-9,12,15,17H,4-6,10-11H2,1-3H3. The molecule has 2 heterocycles. The summed E-state index contributed by atoms with van der Waals surface area (Å²) in [6, 6.07) is 8.22. The molecule has 0 radical (unpaired) electrons. The molecule has 2 nitrogen and oxygen atoms in total. The number of piperazine rings is 1. The Kier molecular flexibility index (Phi) is 4.09. The number of hydrogen-bond acceptors (Lipinski definition) is 2. The quantitative estimate of drug-likeness (QED) is 0.803. The van der Waals surface area contributed by atoms with Crippen molar-refractivity contribution in [3.63, 3.8) is 0 Å². The zero-order valence-corrected chi connectivity index (χ0v) is 14.4. The van der Waals surface area contributed by atoms with E-state index in [2.05, 4.69) is 64.7 Å². The third-order valence-corrected chi connectivity index (χ3v) is 5.31. The van der Waals surface area contributed by atoms with Gasteiger partial charge in [-0.1, -0.05) is 29.8 Å². The Bertz CT molecular complexity index is 466. The van der Waals surface area contributed by atoms with E-state index < -0.39 is 0 Å². The zero-order valence-electron chi connectivity index (χ0n) is 12.8. The van der Waals surface area contributed by atoms with Crippen LogP contribution >= 0.6 is 15.9 Å². The fraction of sp³-hybridized carbons (Fsp3) is 0.647. The van der Waals surface area contributed by atoms with E-state index in [1.54, 1.807) is 0 Å². The van der Waals surface area contributed by atoms with Crippen LogP contribution in [-0.4, -0.2) is 36.6 Å². The Morgan fingerprint density at radius 3 is 2.70 bits per heavy atom. The topological polar surface area (TPSA) is 6.48 Å². The molecule has 0 amide bonds. The van der Waals surface area contributed by atoms with Gasteiger partial charge in [0.15, 0.2) is 0 Å². The molecule has 2 aliphatic heterocycles. The first kappa shape index (κ1) is 14.4. The van der Waals surface area contributed by atoms with Crippen molar-refractivity contribution in [2.45, 2.75) is 45.7 Å². The zero-order chi connectivity index (χ0) is 14.3. The molecule has 1 aromatic carbocycles. The summed E-state index contributed by atoms with van der Waals surface area (Å²) in [5, 5.41) is 0. The average molecular weight is 337 g/mol. The first-order valence-corrected chi connectivity index (χ1v) is 8.62. The fourth-order valence-corrected chi connectivity index (χ4v) is 4.39. The molecule has 2 atom stereocenters. The van der Waals surface area contributed by atoms with Crippen LogP contribution in [0.2, 0.25) is 0 Å². The molecule has 0 aliphatic carbocycles. The molecule has 110 valence electrons. The van der Waals surface area contributed by atoms with Crippen molar-refractivity contribution < 1.29 is 0 Å². The van der Waals surface area contributed by atoms with Crippen molar-refractivity contribution in [2.24, 2.45) is 5.92 Å². The van der Waals surface area contributed by atoms with Crippen LogP contribution in [0.1, 0.15) is 32.3 Å². The Hall–Kier alpha value is -0.540. The summed E-state index contributed by atoms with van der Waals surface area (Å²) in [6.45, 7) is 10.6. The number of hydrogen-bond donors (Lipinski definition) is 0. The third-order valence-electron chi connectivity index (χ3n) is 4.86. The van der Waals surface area contributed by atoms with Gasteiger partial charge in [0.2, 0.25) is 0 Å². The number of anilines is 1. The minimum Gasteiger partial charge on any atom is -0.365 e. The number of halogens is 1. The van der Waals surface area contributed by atoms with Crippen LogP contribution in [0.4, 0.5) is 5.69 Å². The van der Waals surface area contributed by atoms with Crippen LogP contribution in [0.5, 0.6) is 0 Å². The van der Waals surface area contributed by atoms with E-state index in [1.165, 1.54) is 48.2 Å². The highest BCUT2D eigenvalue weighted by molar-refractivity contribution is 9.10. The first-order valence-electron chi connectivity index (χ1n) is 7.82. The number of benzene rings is 1. The summed E-state index contributed by atoms with van der Waals surface area (Å²) in [5.41, 5.74) is 2.73. The molecule has 20 heavy (non-hydrogen) atoms. The molecule has 0 aromatic heterocycles. The van der Waals surface area contributed by atoms with Crippen LogP contribution in [-0.2, 0) is 0 Å². The summed E-state index contributed by atoms with van der Waals surface area (Å²) in [7, 11) is 0. The second-order valence-electron chi connectivity index (χ2n) is 6.74. The number of fused-ring (bicyclic) bond motifs is 1. The molecular weight excluding hydrogens is 312 g/mol. The van der Waals surface area contributed by atoms with E-state index in [0.29, 0.717) is 12.0 Å². The molecular formula is C17H25BrN2. The number of aryl methyl sites for hydroxylation is 1. The average Bonchev–Trinajstić information content (AvgIpc) is 2.83. The third kappa shape index (κ3) is 2.75. The Morgan fingerprint density at radius 2 is 2.00 bits per heavy atom. The van der Waals surface area contributed by atoms with Crippen molar-refractivity contribution in [1.29, 1.82) is 0 Å². The smallest absolute Gasteiger partial charge is 0.0440 e. The summed E-state index contributed by atoms with van der Waals surface area (Å²) in [6.07, 6.45) is 2.75. The van der Waals surface area contributed by atoms with Gasteiger partial charge in [0.25, 0.3) is 0 Å².